The number of carbonyl (C=O) groups is 1. The van der Waals surface area contributed by atoms with Crippen LogP contribution in [0.1, 0.15) is 47.8 Å². The first-order chi connectivity index (χ1) is 11.7. The smallest absolute Gasteiger partial charge is 0.272 e. The lowest BCUT2D eigenvalue weighted by Crippen LogP contribution is -2.35. The highest BCUT2D eigenvalue weighted by atomic mass is 35.5. The quantitative estimate of drug-likeness (QED) is 0.877. The Morgan fingerprint density at radius 3 is 2.88 bits per heavy atom. The summed E-state index contributed by atoms with van der Waals surface area (Å²) in [4.78, 5) is 12.6. The van der Waals surface area contributed by atoms with E-state index in [1.807, 2.05) is 16.9 Å². The van der Waals surface area contributed by atoms with Crippen molar-refractivity contribution in [2.75, 3.05) is 13.1 Å². The van der Waals surface area contributed by atoms with Crippen LogP contribution >= 0.6 is 12.4 Å². The number of halogens is 2. The zero-order valence-corrected chi connectivity index (χ0v) is 14.7. The number of nitrogens with one attached hydrogen (secondary N) is 2. The molecular formula is C18H22ClFN4O. The fourth-order valence-electron chi connectivity index (χ4n) is 3.40. The first-order valence-corrected chi connectivity index (χ1v) is 8.51. The van der Waals surface area contributed by atoms with E-state index in [-0.39, 0.29) is 24.1 Å². The van der Waals surface area contributed by atoms with Gasteiger partial charge in [-0.2, -0.15) is 5.10 Å². The molecule has 1 saturated heterocycles. The third-order valence-corrected chi connectivity index (χ3v) is 4.97. The third-order valence-electron chi connectivity index (χ3n) is 4.97. The summed E-state index contributed by atoms with van der Waals surface area (Å²) < 4.78 is 15.3. The van der Waals surface area contributed by atoms with E-state index in [4.69, 9.17) is 0 Å². The molecule has 2 aromatic rings. The van der Waals surface area contributed by atoms with E-state index in [0.29, 0.717) is 11.7 Å². The maximum Gasteiger partial charge on any atom is 0.272 e. The number of rotatable bonds is 4. The first kappa shape index (κ1) is 17.9. The van der Waals surface area contributed by atoms with Crippen LogP contribution in [0.15, 0.2) is 36.5 Å². The molecule has 5 nitrogen and oxygen atoms in total. The minimum Gasteiger partial charge on any atom is -0.341 e. The van der Waals surface area contributed by atoms with Gasteiger partial charge >= 0.3 is 0 Å². The molecule has 1 aliphatic carbocycles. The van der Waals surface area contributed by atoms with Crippen molar-refractivity contribution >= 4 is 18.3 Å². The Hall–Kier alpha value is -1.92. The van der Waals surface area contributed by atoms with Gasteiger partial charge in [0, 0.05) is 12.7 Å². The molecule has 2 N–H and O–H groups in total. The molecule has 2 fully saturated rings. The van der Waals surface area contributed by atoms with Crippen LogP contribution in [0.3, 0.4) is 0 Å². The summed E-state index contributed by atoms with van der Waals surface area (Å²) in [6, 6.07) is 8.52. The van der Waals surface area contributed by atoms with Crippen LogP contribution < -0.4 is 10.6 Å². The van der Waals surface area contributed by atoms with Crippen LogP contribution in [0.4, 0.5) is 4.39 Å². The van der Waals surface area contributed by atoms with Gasteiger partial charge in [0.1, 0.15) is 11.5 Å². The van der Waals surface area contributed by atoms with Crippen LogP contribution in [0, 0.1) is 5.82 Å². The van der Waals surface area contributed by atoms with Gasteiger partial charge in [-0.25, -0.2) is 4.39 Å². The fourth-order valence-corrected chi connectivity index (χ4v) is 3.40. The van der Waals surface area contributed by atoms with Crippen molar-refractivity contribution in [3.8, 4) is 0 Å². The molecule has 1 aliphatic heterocycles. The van der Waals surface area contributed by atoms with Crippen molar-refractivity contribution in [2.24, 2.45) is 0 Å². The second kappa shape index (κ2) is 7.14. The zero-order chi connectivity index (χ0) is 16.6. The number of nitrogens with zero attached hydrogens (tertiary/aromatic N) is 2. The average molecular weight is 365 g/mol. The summed E-state index contributed by atoms with van der Waals surface area (Å²) in [7, 11) is 0. The first-order valence-electron chi connectivity index (χ1n) is 8.51. The lowest BCUT2D eigenvalue weighted by molar-refractivity contribution is 0.0924. The normalized spacial score (nSPS) is 21.2. The molecule has 1 saturated carbocycles. The largest absolute Gasteiger partial charge is 0.341 e. The molecule has 0 radical (unpaired) electrons. The molecule has 2 aliphatic rings. The van der Waals surface area contributed by atoms with Gasteiger partial charge in [0.25, 0.3) is 5.91 Å². The van der Waals surface area contributed by atoms with E-state index < -0.39 is 5.54 Å². The Bertz CT molecular complexity index is 753. The lowest BCUT2D eigenvalue weighted by atomic mass is 10.0. The van der Waals surface area contributed by atoms with E-state index in [1.165, 1.54) is 12.1 Å². The molecule has 1 atom stereocenters. The topological polar surface area (TPSA) is 59.0 Å². The van der Waals surface area contributed by atoms with E-state index in [0.717, 1.165) is 44.3 Å². The van der Waals surface area contributed by atoms with E-state index in [9.17, 15) is 9.18 Å². The van der Waals surface area contributed by atoms with Crippen LogP contribution in [-0.2, 0) is 5.54 Å². The molecule has 2 heterocycles. The van der Waals surface area contributed by atoms with Gasteiger partial charge in [-0.3, -0.25) is 9.48 Å². The fraction of sp³-hybridized carbons (Fsp3) is 0.444. The predicted molar refractivity (Wildman–Crippen MR) is 95.4 cm³/mol. The minimum absolute atomic E-state index is 0. The van der Waals surface area contributed by atoms with Crippen molar-refractivity contribution in [3.63, 3.8) is 0 Å². The number of amides is 1. The van der Waals surface area contributed by atoms with Crippen LogP contribution in [-0.4, -0.2) is 28.8 Å². The van der Waals surface area contributed by atoms with E-state index in [1.54, 1.807) is 12.1 Å². The number of carbonyl (C=O) groups excluding carboxylic acids is 1. The van der Waals surface area contributed by atoms with Gasteiger partial charge in [0.05, 0.1) is 11.6 Å². The number of hydrogen-bond acceptors (Lipinski definition) is 3. The predicted octanol–water partition coefficient (Wildman–Crippen LogP) is 2.79. The summed E-state index contributed by atoms with van der Waals surface area (Å²) >= 11 is 0. The van der Waals surface area contributed by atoms with Gasteiger partial charge in [0.15, 0.2) is 0 Å². The summed E-state index contributed by atoms with van der Waals surface area (Å²) in [6.45, 7) is 1.93. The van der Waals surface area contributed by atoms with Gasteiger partial charge in [-0.1, -0.05) is 12.1 Å². The van der Waals surface area contributed by atoms with Gasteiger partial charge in [-0.15, -0.1) is 12.4 Å². The van der Waals surface area contributed by atoms with Crippen molar-refractivity contribution in [1.82, 2.24) is 20.4 Å². The Kier molecular flexibility index (Phi) is 5.11. The maximum absolute atomic E-state index is 13.5. The highest BCUT2D eigenvalue weighted by Crippen LogP contribution is 2.45. The summed E-state index contributed by atoms with van der Waals surface area (Å²) in [5.74, 6) is -0.471. The molecule has 1 unspecified atom stereocenters. The number of benzene rings is 1. The third kappa shape index (κ3) is 3.70. The number of aromatic nitrogens is 2. The van der Waals surface area contributed by atoms with Crippen molar-refractivity contribution in [2.45, 2.75) is 37.3 Å². The second-order valence-electron chi connectivity index (χ2n) is 6.73. The molecule has 0 spiro atoms. The average Bonchev–Trinajstić information content (AvgIpc) is 3.21. The molecule has 134 valence electrons. The molecule has 1 aromatic carbocycles. The standard InChI is InChI=1S/C18H21FN4O.ClH/c19-14-4-1-3-13(11-14)18(7-8-18)21-17(24)16-6-10-23(22-16)15-5-2-9-20-12-15;/h1,3-4,6,10-11,15,20H,2,5,7-9,12H2,(H,21,24);1H. The Labute approximate surface area is 152 Å². The lowest BCUT2D eigenvalue weighted by Gasteiger charge is -2.23. The van der Waals surface area contributed by atoms with Crippen molar-refractivity contribution in [3.05, 3.63) is 53.6 Å². The van der Waals surface area contributed by atoms with Gasteiger partial charge < -0.3 is 10.6 Å². The molecule has 7 heteroatoms. The Morgan fingerprint density at radius 1 is 1.36 bits per heavy atom. The highest BCUT2D eigenvalue weighted by Gasteiger charge is 2.46. The van der Waals surface area contributed by atoms with E-state index >= 15 is 0 Å². The Morgan fingerprint density at radius 2 is 2.20 bits per heavy atom. The molecule has 4 rings (SSSR count). The van der Waals surface area contributed by atoms with Gasteiger partial charge in [-0.05, 0) is 56.0 Å². The molecule has 0 bridgehead atoms. The monoisotopic (exact) mass is 364 g/mol. The SMILES string of the molecule is Cl.O=C(NC1(c2cccc(F)c2)CC1)c1ccn(C2CCCNC2)n1. The number of hydrogen-bond donors (Lipinski definition) is 2. The maximum atomic E-state index is 13.5. The molecule has 1 aromatic heterocycles. The molecular weight excluding hydrogens is 343 g/mol. The van der Waals surface area contributed by atoms with Crippen LogP contribution in [0.25, 0.3) is 0 Å². The molecule has 1 amide bonds. The van der Waals surface area contributed by atoms with Gasteiger partial charge in [0.2, 0.25) is 0 Å². The molecule has 25 heavy (non-hydrogen) atoms. The Balaban J connectivity index is 0.00000182. The summed E-state index contributed by atoms with van der Waals surface area (Å²) in [5, 5.41) is 10.8. The van der Waals surface area contributed by atoms with Crippen LogP contribution in [0.5, 0.6) is 0 Å². The zero-order valence-electron chi connectivity index (χ0n) is 13.9. The summed E-state index contributed by atoms with van der Waals surface area (Å²) in [5.41, 5.74) is 0.810. The minimum atomic E-state index is -0.435. The van der Waals surface area contributed by atoms with Crippen molar-refractivity contribution in [1.29, 1.82) is 0 Å². The van der Waals surface area contributed by atoms with Crippen molar-refractivity contribution < 1.29 is 9.18 Å². The van der Waals surface area contributed by atoms with E-state index in [2.05, 4.69) is 15.7 Å². The summed E-state index contributed by atoms with van der Waals surface area (Å²) in [6.07, 6.45) is 5.72. The van der Waals surface area contributed by atoms with Crippen LogP contribution in [0.2, 0.25) is 0 Å². The number of piperidine rings is 1. The second-order valence-corrected chi connectivity index (χ2v) is 6.73. The highest BCUT2D eigenvalue weighted by molar-refractivity contribution is 5.93.